The molecule has 0 radical (unpaired) electrons. The molecule has 21 heavy (non-hydrogen) atoms. The fraction of sp³-hybridized carbons (Fsp3) is 0.667. The highest BCUT2D eigenvalue weighted by Crippen LogP contribution is 2.25. The van der Waals surface area contributed by atoms with Crippen LogP contribution in [0, 0.1) is 5.92 Å². The minimum Gasteiger partial charge on any atom is -0.465 e. The van der Waals surface area contributed by atoms with Crippen molar-refractivity contribution in [3.05, 3.63) is 0 Å². The molecule has 1 aromatic rings. The average Bonchev–Trinajstić information content (AvgIpc) is 2.91. The summed E-state index contributed by atoms with van der Waals surface area (Å²) in [5.74, 6) is -0.317. The monoisotopic (exact) mass is 332 g/mol. The highest BCUT2D eigenvalue weighted by atomic mass is 32.2. The maximum Gasteiger partial charge on any atom is 0.316 e. The number of carbonyl (C=O) groups is 2. The molecule has 1 aromatic heterocycles. The molecule has 1 amide bonds. The maximum atomic E-state index is 11.9. The van der Waals surface area contributed by atoms with Gasteiger partial charge < -0.3 is 10.5 Å². The van der Waals surface area contributed by atoms with Crippen LogP contribution in [0.2, 0.25) is 0 Å². The van der Waals surface area contributed by atoms with Crippen LogP contribution in [-0.2, 0) is 14.3 Å². The van der Waals surface area contributed by atoms with Crippen LogP contribution >= 0.6 is 23.1 Å². The van der Waals surface area contributed by atoms with Gasteiger partial charge in [0.1, 0.15) is 0 Å². The van der Waals surface area contributed by atoms with Gasteiger partial charge in [0.25, 0.3) is 0 Å². The summed E-state index contributed by atoms with van der Waals surface area (Å²) in [4.78, 5) is 23.1. The van der Waals surface area contributed by atoms with E-state index in [9.17, 15) is 9.59 Å². The lowest BCUT2D eigenvalue weighted by molar-refractivity contribution is -0.139. The van der Waals surface area contributed by atoms with Crippen LogP contribution in [0.5, 0.6) is 0 Å². The van der Waals surface area contributed by atoms with Crippen LogP contribution in [0.4, 0.5) is 5.13 Å². The number of amides is 1. The number of rotatable bonds is 8. The number of anilines is 1. The van der Waals surface area contributed by atoms with Crippen LogP contribution in [0.15, 0.2) is 4.34 Å². The smallest absolute Gasteiger partial charge is 0.316 e. The van der Waals surface area contributed by atoms with E-state index >= 15 is 0 Å². The van der Waals surface area contributed by atoms with E-state index in [0.717, 1.165) is 6.42 Å². The summed E-state index contributed by atoms with van der Waals surface area (Å²) >= 11 is 2.43. The first-order chi connectivity index (χ1) is 9.97. The van der Waals surface area contributed by atoms with Crippen LogP contribution in [0.3, 0.4) is 0 Å². The second kappa shape index (κ2) is 8.96. The molecule has 9 heteroatoms. The Morgan fingerprint density at radius 1 is 1.43 bits per heavy atom. The van der Waals surface area contributed by atoms with Gasteiger partial charge in [-0.2, -0.15) is 0 Å². The zero-order valence-corrected chi connectivity index (χ0v) is 13.9. The van der Waals surface area contributed by atoms with Gasteiger partial charge in [0, 0.05) is 0 Å². The van der Waals surface area contributed by atoms with Crippen LogP contribution < -0.4 is 11.1 Å². The van der Waals surface area contributed by atoms with Gasteiger partial charge >= 0.3 is 5.97 Å². The van der Waals surface area contributed by atoms with E-state index in [1.807, 2.05) is 13.8 Å². The van der Waals surface area contributed by atoms with E-state index in [-0.39, 0.29) is 23.5 Å². The van der Waals surface area contributed by atoms with Crippen molar-refractivity contribution < 1.29 is 14.3 Å². The molecular formula is C12H20N4O3S2. The summed E-state index contributed by atoms with van der Waals surface area (Å²) in [5, 5.41) is 10.8. The average molecular weight is 332 g/mol. The number of nitrogens with one attached hydrogen (secondary N) is 1. The van der Waals surface area contributed by atoms with Crippen molar-refractivity contribution in [3.63, 3.8) is 0 Å². The number of ether oxygens (including phenoxy) is 1. The van der Waals surface area contributed by atoms with Gasteiger partial charge in [-0.25, -0.2) is 0 Å². The number of aromatic nitrogens is 2. The summed E-state index contributed by atoms with van der Waals surface area (Å²) in [6, 6.07) is -0.575. The van der Waals surface area contributed by atoms with Gasteiger partial charge in [0.2, 0.25) is 11.0 Å². The van der Waals surface area contributed by atoms with Crippen molar-refractivity contribution in [1.82, 2.24) is 10.2 Å². The molecule has 7 nitrogen and oxygen atoms in total. The van der Waals surface area contributed by atoms with Gasteiger partial charge in [-0.1, -0.05) is 43.4 Å². The molecule has 118 valence electrons. The Bertz CT molecular complexity index is 481. The lowest BCUT2D eigenvalue weighted by atomic mass is 10.00. The molecule has 0 bridgehead atoms. The summed E-state index contributed by atoms with van der Waals surface area (Å²) in [6.07, 6.45) is 0.825. The Balaban J connectivity index is 2.48. The summed E-state index contributed by atoms with van der Waals surface area (Å²) in [7, 11) is 0. The molecule has 1 rings (SSSR count). The second-order valence-corrected chi connectivity index (χ2v) is 6.57. The van der Waals surface area contributed by atoms with Crippen LogP contribution in [0.25, 0.3) is 0 Å². The number of hydrogen-bond acceptors (Lipinski definition) is 8. The van der Waals surface area contributed by atoms with Crippen molar-refractivity contribution in [2.24, 2.45) is 11.7 Å². The molecular weight excluding hydrogens is 312 g/mol. The third kappa shape index (κ3) is 5.98. The van der Waals surface area contributed by atoms with E-state index in [4.69, 9.17) is 10.5 Å². The minimum absolute atomic E-state index is 0.0931. The van der Waals surface area contributed by atoms with Gasteiger partial charge in [0.05, 0.1) is 18.4 Å². The minimum atomic E-state index is -0.575. The first-order valence-corrected chi connectivity index (χ1v) is 8.46. The van der Waals surface area contributed by atoms with E-state index in [1.54, 1.807) is 6.92 Å². The van der Waals surface area contributed by atoms with Crippen molar-refractivity contribution >= 4 is 40.1 Å². The van der Waals surface area contributed by atoms with E-state index in [1.165, 1.54) is 23.1 Å². The predicted molar refractivity (Wildman–Crippen MR) is 83.3 cm³/mol. The first kappa shape index (κ1) is 17.9. The largest absolute Gasteiger partial charge is 0.465 e. The van der Waals surface area contributed by atoms with Crippen LogP contribution in [-0.4, -0.2) is 40.5 Å². The fourth-order valence-electron chi connectivity index (χ4n) is 1.34. The van der Waals surface area contributed by atoms with Crippen LogP contribution in [0.1, 0.15) is 27.2 Å². The molecule has 0 aliphatic carbocycles. The topological polar surface area (TPSA) is 107 Å². The number of nitrogens with zero attached hydrogens (tertiary/aromatic N) is 2. The Morgan fingerprint density at radius 2 is 2.14 bits per heavy atom. The summed E-state index contributed by atoms with van der Waals surface area (Å²) in [6.45, 7) is 6.00. The van der Waals surface area contributed by atoms with Crippen molar-refractivity contribution in [2.45, 2.75) is 37.6 Å². The maximum absolute atomic E-state index is 11.9. The zero-order chi connectivity index (χ0) is 15.8. The molecule has 0 fully saturated rings. The molecule has 0 aromatic carbocycles. The number of thioether (sulfide) groups is 1. The van der Waals surface area contributed by atoms with Gasteiger partial charge in [-0.15, -0.1) is 10.2 Å². The third-order valence-electron chi connectivity index (χ3n) is 2.82. The van der Waals surface area contributed by atoms with E-state index in [2.05, 4.69) is 15.5 Å². The Hall–Kier alpha value is -1.19. The predicted octanol–water partition coefficient (Wildman–Crippen LogP) is 1.51. The van der Waals surface area contributed by atoms with Gasteiger partial charge in [0.15, 0.2) is 4.34 Å². The molecule has 3 N–H and O–H groups in total. The van der Waals surface area contributed by atoms with Gasteiger partial charge in [-0.05, 0) is 12.8 Å². The molecule has 1 heterocycles. The molecule has 0 saturated heterocycles. The SMILES string of the molecule is CCOC(=O)CSc1nnc(NC(=O)C(N)C(C)CC)s1. The lowest BCUT2D eigenvalue weighted by Gasteiger charge is -2.16. The van der Waals surface area contributed by atoms with Crippen molar-refractivity contribution in [3.8, 4) is 0 Å². The van der Waals surface area contributed by atoms with Crippen molar-refractivity contribution in [2.75, 3.05) is 17.7 Å². The zero-order valence-electron chi connectivity index (χ0n) is 12.3. The lowest BCUT2D eigenvalue weighted by Crippen LogP contribution is -2.40. The summed E-state index contributed by atoms with van der Waals surface area (Å²) < 4.78 is 5.41. The molecule has 0 aliphatic rings. The number of nitrogens with two attached hydrogens (primary N) is 1. The molecule has 0 spiro atoms. The fourth-order valence-corrected chi connectivity index (χ4v) is 2.90. The molecule has 2 unspecified atom stereocenters. The van der Waals surface area contributed by atoms with Gasteiger partial charge in [-0.3, -0.25) is 14.9 Å². The molecule has 0 aliphatic heterocycles. The number of hydrogen-bond donors (Lipinski definition) is 2. The Labute approximate surface area is 132 Å². The Kier molecular flexibility index (Phi) is 7.62. The number of esters is 1. The normalized spacial score (nSPS) is 13.5. The third-order valence-corrected chi connectivity index (χ3v) is 4.76. The Morgan fingerprint density at radius 3 is 2.76 bits per heavy atom. The molecule has 2 atom stereocenters. The van der Waals surface area contributed by atoms with E-state index in [0.29, 0.717) is 16.1 Å². The van der Waals surface area contributed by atoms with E-state index < -0.39 is 6.04 Å². The quantitative estimate of drug-likeness (QED) is 0.422. The first-order valence-electron chi connectivity index (χ1n) is 6.66. The number of carbonyl (C=O) groups excluding carboxylic acids is 2. The van der Waals surface area contributed by atoms with Crippen molar-refractivity contribution in [1.29, 1.82) is 0 Å². The summed E-state index contributed by atoms with van der Waals surface area (Å²) in [5.41, 5.74) is 5.84. The highest BCUT2D eigenvalue weighted by Gasteiger charge is 2.20. The second-order valence-electron chi connectivity index (χ2n) is 4.37. The highest BCUT2D eigenvalue weighted by molar-refractivity contribution is 8.01. The standard InChI is InChI=1S/C12H20N4O3S2/c1-4-7(3)9(13)10(18)14-11-15-16-12(21-11)20-6-8(17)19-5-2/h7,9H,4-6,13H2,1-3H3,(H,14,15,18). The molecule has 0 saturated carbocycles.